The summed E-state index contributed by atoms with van der Waals surface area (Å²) in [5.74, 6) is 0.235. The fourth-order valence-corrected chi connectivity index (χ4v) is 3.85. The van der Waals surface area contributed by atoms with Crippen LogP contribution in [-0.2, 0) is 4.79 Å². The predicted molar refractivity (Wildman–Crippen MR) is 82.8 cm³/mol. The Morgan fingerprint density at radius 2 is 2.10 bits per heavy atom. The van der Waals surface area contributed by atoms with Crippen LogP contribution in [-0.4, -0.2) is 22.3 Å². The summed E-state index contributed by atoms with van der Waals surface area (Å²) in [6.07, 6.45) is 2.10. The van der Waals surface area contributed by atoms with Crippen LogP contribution in [0.3, 0.4) is 0 Å². The minimum absolute atomic E-state index is 0.166. The van der Waals surface area contributed by atoms with Crippen LogP contribution in [0.1, 0.15) is 44.7 Å². The summed E-state index contributed by atoms with van der Waals surface area (Å²) >= 11 is 1.72. The Labute approximate surface area is 123 Å². The number of likely N-dealkylation sites (tertiary alicyclic amines) is 1. The van der Waals surface area contributed by atoms with Crippen LogP contribution in [0.25, 0.3) is 10.2 Å². The average molecular weight is 288 g/mol. The number of amides is 1. The number of aromatic nitrogens is 1. The fourth-order valence-electron chi connectivity index (χ4n) is 2.73. The maximum Gasteiger partial charge on any atom is 0.228 e. The Morgan fingerprint density at radius 1 is 1.35 bits per heavy atom. The summed E-state index contributed by atoms with van der Waals surface area (Å²) in [4.78, 5) is 19.3. The molecule has 0 saturated carbocycles. The highest BCUT2D eigenvalue weighted by Gasteiger charge is 2.37. The zero-order valence-electron chi connectivity index (χ0n) is 12.2. The molecule has 0 aliphatic carbocycles. The molecule has 1 aromatic carbocycles. The minimum atomic E-state index is -0.320. The Morgan fingerprint density at radius 3 is 2.80 bits per heavy atom. The van der Waals surface area contributed by atoms with Gasteiger partial charge >= 0.3 is 0 Å². The van der Waals surface area contributed by atoms with Gasteiger partial charge in [0.25, 0.3) is 0 Å². The van der Waals surface area contributed by atoms with Gasteiger partial charge in [-0.25, -0.2) is 4.98 Å². The van der Waals surface area contributed by atoms with Crippen LogP contribution in [0.2, 0.25) is 0 Å². The van der Waals surface area contributed by atoms with E-state index in [4.69, 9.17) is 4.98 Å². The number of para-hydroxylation sites is 1. The lowest BCUT2D eigenvalue weighted by Gasteiger charge is -2.29. The van der Waals surface area contributed by atoms with Crippen molar-refractivity contribution in [2.24, 2.45) is 5.41 Å². The first-order valence-electron chi connectivity index (χ1n) is 7.13. The smallest absolute Gasteiger partial charge is 0.228 e. The van der Waals surface area contributed by atoms with E-state index >= 15 is 0 Å². The highest BCUT2D eigenvalue weighted by atomic mass is 32.1. The number of fused-ring (bicyclic) bond motifs is 1. The van der Waals surface area contributed by atoms with Gasteiger partial charge in [0.15, 0.2) is 0 Å². The summed E-state index contributed by atoms with van der Waals surface area (Å²) in [7, 11) is 0. The zero-order valence-corrected chi connectivity index (χ0v) is 13.0. The first-order chi connectivity index (χ1) is 9.47. The lowest BCUT2D eigenvalue weighted by Crippen LogP contribution is -2.38. The highest BCUT2D eigenvalue weighted by molar-refractivity contribution is 7.18. The van der Waals surface area contributed by atoms with Crippen LogP contribution in [0.4, 0.5) is 0 Å². The maximum absolute atomic E-state index is 12.6. The van der Waals surface area contributed by atoms with E-state index in [9.17, 15) is 4.79 Å². The molecule has 2 heterocycles. The normalized spacial score (nSPS) is 19.8. The van der Waals surface area contributed by atoms with Crippen molar-refractivity contribution in [1.29, 1.82) is 0 Å². The molecule has 3 nitrogen and oxygen atoms in total. The van der Waals surface area contributed by atoms with Gasteiger partial charge in [0.1, 0.15) is 5.01 Å². The molecule has 1 aliphatic rings. The molecule has 106 valence electrons. The molecule has 1 aliphatic heterocycles. The molecule has 0 bridgehead atoms. The van der Waals surface area contributed by atoms with E-state index < -0.39 is 0 Å². The Hall–Kier alpha value is -1.42. The van der Waals surface area contributed by atoms with E-state index in [1.807, 2.05) is 43.9 Å². The third-order valence-electron chi connectivity index (χ3n) is 3.75. The number of hydrogen-bond donors (Lipinski definition) is 0. The van der Waals surface area contributed by atoms with Crippen molar-refractivity contribution in [1.82, 2.24) is 9.88 Å². The number of carbonyl (C=O) groups excluding carboxylic acids is 1. The van der Waals surface area contributed by atoms with Gasteiger partial charge in [-0.15, -0.1) is 11.3 Å². The molecule has 0 spiro atoms. The molecule has 1 atom stereocenters. The molecule has 3 rings (SSSR count). The number of nitrogens with zero attached hydrogens (tertiary/aromatic N) is 2. The van der Waals surface area contributed by atoms with Gasteiger partial charge in [-0.2, -0.15) is 0 Å². The summed E-state index contributed by atoms with van der Waals surface area (Å²) in [5, 5.41) is 1.08. The van der Waals surface area contributed by atoms with E-state index in [2.05, 4.69) is 6.07 Å². The first kappa shape index (κ1) is 13.6. The van der Waals surface area contributed by atoms with Crippen LogP contribution < -0.4 is 0 Å². The molecule has 2 aromatic rings. The number of thiazole rings is 1. The van der Waals surface area contributed by atoms with Gasteiger partial charge in [0, 0.05) is 12.0 Å². The van der Waals surface area contributed by atoms with Crippen molar-refractivity contribution in [3.8, 4) is 0 Å². The molecule has 4 heteroatoms. The molecule has 1 aromatic heterocycles. The van der Waals surface area contributed by atoms with Gasteiger partial charge in [-0.3, -0.25) is 4.79 Å². The van der Waals surface area contributed by atoms with E-state index in [1.165, 1.54) is 4.70 Å². The average Bonchev–Trinajstić information content (AvgIpc) is 3.02. The van der Waals surface area contributed by atoms with E-state index in [-0.39, 0.29) is 17.4 Å². The largest absolute Gasteiger partial charge is 0.333 e. The van der Waals surface area contributed by atoms with Crippen LogP contribution >= 0.6 is 11.3 Å². The van der Waals surface area contributed by atoms with Crippen molar-refractivity contribution in [3.05, 3.63) is 29.3 Å². The molecular weight excluding hydrogens is 268 g/mol. The molecule has 0 unspecified atom stereocenters. The van der Waals surface area contributed by atoms with E-state index in [0.717, 1.165) is 29.9 Å². The highest BCUT2D eigenvalue weighted by Crippen LogP contribution is 2.38. The number of carbonyl (C=O) groups is 1. The molecular formula is C16H20N2OS. The van der Waals surface area contributed by atoms with E-state index in [1.54, 1.807) is 11.3 Å². The number of hydrogen-bond acceptors (Lipinski definition) is 3. The second-order valence-corrected chi connectivity index (χ2v) is 7.49. The second kappa shape index (κ2) is 4.85. The van der Waals surface area contributed by atoms with Crippen molar-refractivity contribution >= 4 is 27.5 Å². The van der Waals surface area contributed by atoms with Gasteiger partial charge in [-0.1, -0.05) is 32.9 Å². The molecule has 1 amide bonds. The molecule has 0 N–H and O–H groups in total. The Kier molecular flexibility index (Phi) is 3.28. The summed E-state index contributed by atoms with van der Waals surface area (Å²) in [5.41, 5.74) is 0.724. The van der Waals surface area contributed by atoms with Crippen LogP contribution in [0.15, 0.2) is 24.3 Å². The lowest BCUT2D eigenvalue weighted by molar-refractivity contribution is -0.140. The third kappa shape index (κ3) is 2.33. The standard InChI is InChI=1S/C16H20N2OS/c1-16(2,3)15(19)18-10-6-8-12(18)14-17-11-7-4-5-9-13(11)20-14/h4-5,7,9,12H,6,8,10H2,1-3H3/t12-/m0/s1. The zero-order chi connectivity index (χ0) is 14.3. The number of benzene rings is 1. The van der Waals surface area contributed by atoms with Crippen molar-refractivity contribution in [2.45, 2.75) is 39.7 Å². The molecule has 1 saturated heterocycles. The topological polar surface area (TPSA) is 33.2 Å². The van der Waals surface area contributed by atoms with Gasteiger partial charge in [0.05, 0.1) is 16.3 Å². The lowest BCUT2D eigenvalue weighted by atomic mass is 9.94. The minimum Gasteiger partial charge on any atom is -0.333 e. The quantitative estimate of drug-likeness (QED) is 0.794. The maximum atomic E-state index is 12.6. The first-order valence-corrected chi connectivity index (χ1v) is 7.95. The van der Waals surface area contributed by atoms with Crippen molar-refractivity contribution in [3.63, 3.8) is 0 Å². The third-order valence-corrected chi connectivity index (χ3v) is 4.89. The van der Waals surface area contributed by atoms with Gasteiger partial charge < -0.3 is 4.90 Å². The summed E-state index contributed by atoms with van der Waals surface area (Å²) in [6.45, 7) is 6.83. The second-order valence-electron chi connectivity index (χ2n) is 6.43. The predicted octanol–water partition coefficient (Wildman–Crippen LogP) is 4.01. The van der Waals surface area contributed by atoms with Gasteiger partial charge in [0.2, 0.25) is 5.91 Å². The number of rotatable bonds is 1. The fraction of sp³-hybridized carbons (Fsp3) is 0.500. The van der Waals surface area contributed by atoms with Crippen molar-refractivity contribution < 1.29 is 4.79 Å². The van der Waals surface area contributed by atoms with Crippen molar-refractivity contribution in [2.75, 3.05) is 6.54 Å². The molecule has 20 heavy (non-hydrogen) atoms. The van der Waals surface area contributed by atoms with Crippen LogP contribution in [0.5, 0.6) is 0 Å². The Balaban J connectivity index is 1.94. The summed E-state index contributed by atoms with van der Waals surface area (Å²) < 4.78 is 1.21. The summed E-state index contributed by atoms with van der Waals surface area (Å²) in [6, 6.07) is 8.36. The van der Waals surface area contributed by atoms with E-state index in [0.29, 0.717) is 0 Å². The van der Waals surface area contributed by atoms with Crippen LogP contribution in [0, 0.1) is 5.41 Å². The van der Waals surface area contributed by atoms with Gasteiger partial charge in [-0.05, 0) is 25.0 Å². The molecule has 1 fully saturated rings. The SMILES string of the molecule is CC(C)(C)C(=O)N1CCC[C@H]1c1nc2ccccc2s1. The Bertz CT molecular complexity index is 608. The molecule has 0 radical (unpaired) electrons. The monoisotopic (exact) mass is 288 g/mol.